The van der Waals surface area contributed by atoms with Gasteiger partial charge in [0, 0.05) is 23.5 Å². The van der Waals surface area contributed by atoms with Crippen molar-refractivity contribution in [2.45, 2.75) is 37.5 Å². The van der Waals surface area contributed by atoms with Gasteiger partial charge in [0.15, 0.2) is 0 Å². The van der Waals surface area contributed by atoms with Gasteiger partial charge >= 0.3 is 5.71 Å². The number of Topliss-reactive ketones (excluding diaryl/α,β-unsaturated/α-hetero) is 2. The van der Waals surface area contributed by atoms with Crippen molar-refractivity contribution in [2.75, 3.05) is 0 Å². The van der Waals surface area contributed by atoms with Crippen LogP contribution in [0, 0.1) is 0 Å². The van der Waals surface area contributed by atoms with E-state index in [0.29, 0.717) is 18.4 Å². The lowest BCUT2D eigenvalue weighted by Gasteiger charge is -2.01. The van der Waals surface area contributed by atoms with Gasteiger partial charge in [0.05, 0.1) is 4.90 Å². The number of halogens is 1. The Morgan fingerprint density at radius 1 is 1.14 bits per heavy atom. The van der Waals surface area contributed by atoms with Gasteiger partial charge in [0.25, 0.3) is 9.05 Å². The Bertz CT molecular complexity index is 720. The maximum absolute atomic E-state index is 11.9. The Morgan fingerprint density at radius 2 is 1.68 bits per heavy atom. The summed E-state index contributed by atoms with van der Waals surface area (Å²) in [6.07, 6.45) is 0.981. The average molecular weight is 343 g/mol. The molecule has 0 atom stereocenters. The fourth-order valence-corrected chi connectivity index (χ4v) is 2.58. The highest BCUT2D eigenvalue weighted by Crippen LogP contribution is 2.16. The van der Waals surface area contributed by atoms with E-state index < -0.39 is 26.3 Å². The quantitative estimate of drug-likeness (QED) is 0.237. The third-order valence-corrected chi connectivity index (χ3v) is 4.32. The van der Waals surface area contributed by atoms with E-state index in [1.807, 2.05) is 0 Å². The summed E-state index contributed by atoms with van der Waals surface area (Å²) in [5.41, 5.74) is 9.04. The highest BCUT2D eigenvalue weighted by Gasteiger charge is 2.27. The van der Waals surface area contributed by atoms with Gasteiger partial charge in [-0.05, 0) is 30.5 Å². The van der Waals surface area contributed by atoms with E-state index in [1.165, 1.54) is 24.3 Å². The molecule has 0 saturated heterocycles. The molecule has 0 saturated carbocycles. The van der Waals surface area contributed by atoms with Crippen LogP contribution in [0.4, 0.5) is 0 Å². The van der Waals surface area contributed by atoms with Gasteiger partial charge in [-0.1, -0.05) is 19.1 Å². The minimum Gasteiger partial charge on any atom is -0.360 e. The molecule has 0 spiro atoms. The number of carbonyl (C=O) groups is 2. The minimum atomic E-state index is -3.78. The Hall–Kier alpha value is -1.82. The van der Waals surface area contributed by atoms with Crippen LogP contribution < -0.4 is 0 Å². The molecule has 8 heteroatoms. The molecule has 0 amide bonds. The first kappa shape index (κ1) is 18.2. The molecule has 1 aromatic carbocycles. The molecule has 0 aliphatic carbocycles. The lowest BCUT2D eigenvalue weighted by molar-refractivity contribution is -0.124. The van der Waals surface area contributed by atoms with Crippen LogP contribution in [0.2, 0.25) is 0 Å². The highest BCUT2D eigenvalue weighted by atomic mass is 35.7. The third kappa shape index (κ3) is 5.18. The van der Waals surface area contributed by atoms with Crippen molar-refractivity contribution in [1.29, 1.82) is 0 Å². The zero-order valence-corrected chi connectivity index (χ0v) is 13.5. The fourth-order valence-electron chi connectivity index (χ4n) is 1.81. The fraction of sp³-hybridized carbons (Fsp3) is 0.357. The van der Waals surface area contributed by atoms with Crippen molar-refractivity contribution >= 4 is 37.0 Å². The van der Waals surface area contributed by atoms with Crippen molar-refractivity contribution < 1.29 is 22.8 Å². The smallest absolute Gasteiger partial charge is 0.360 e. The molecular formula is C14H15ClN2O4S. The second-order valence-electron chi connectivity index (χ2n) is 4.63. The number of ketones is 2. The molecule has 0 bridgehead atoms. The molecule has 1 rings (SSSR count). The first-order valence-electron chi connectivity index (χ1n) is 6.61. The number of hydrogen-bond acceptors (Lipinski definition) is 4. The second kappa shape index (κ2) is 7.98. The molecule has 0 radical (unpaired) electrons. The molecule has 0 unspecified atom stereocenters. The molecule has 0 N–H and O–H groups in total. The van der Waals surface area contributed by atoms with E-state index in [-0.39, 0.29) is 17.7 Å². The molecule has 0 aromatic heterocycles. The Balaban J connectivity index is 2.72. The number of carbonyl (C=O) groups excluding carboxylic acids is 2. The van der Waals surface area contributed by atoms with Gasteiger partial charge in [-0.2, -0.15) is 4.79 Å². The van der Waals surface area contributed by atoms with Crippen molar-refractivity contribution in [3.63, 3.8) is 0 Å². The first-order chi connectivity index (χ1) is 10.3. The molecule has 1 aromatic rings. The molecule has 6 nitrogen and oxygen atoms in total. The molecular weight excluding hydrogens is 328 g/mol. The summed E-state index contributed by atoms with van der Waals surface area (Å²) < 4.78 is 22.2. The van der Waals surface area contributed by atoms with Crippen LogP contribution in [-0.4, -0.2) is 30.5 Å². The van der Waals surface area contributed by atoms with Gasteiger partial charge < -0.3 is 5.53 Å². The maximum Gasteiger partial charge on any atom is 0.400 e. The molecule has 0 aliphatic rings. The van der Waals surface area contributed by atoms with Crippen molar-refractivity contribution in [3.8, 4) is 0 Å². The van der Waals surface area contributed by atoms with Crippen molar-refractivity contribution in [1.82, 2.24) is 0 Å². The molecule has 22 heavy (non-hydrogen) atoms. The highest BCUT2D eigenvalue weighted by molar-refractivity contribution is 8.13. The largest absolute Gasteiger partial charge is 0.400 e. The van der Waals surface area contributed by atoms with Gasteiger partial charge in [0.2, 0.25) is 11.6 Å². The molecule has 0 fully saturated rings. The summed E-state index contributed by atoms with van der Waals surface area (Å²) in [5, 5.41) is 0. The zero-order valence-electron chi connectivity index (χ0n) is 12.0. The Kier molecular flexibility index (Phi) is 6.61. The van der Waals surface area contributed by atoms with Gasteiger partial charge in [-0.3, -0.25) is 9.59 Å². The van der Waals surface area contributed by atoms with Crippen molar-refractivity contribution in [2.24, 2.45) is 0 Å². The number of hydrogen-bond donors (Lipinski definition) is 0. The van der Waals surface area contributed by atoms with Crippen LogP contribution in [0.15, 0.2) is 29.2 Å². The van der Waals surface area contributed by atoms with Crippen LogP contribution in [0.5, 0.6) is 0 Å². The topological polar surface area (TPSA) is 105 Å². The SMILES string of the molecule is CCCC(=O)C(=[N+]=[N-])C(=O)CCc1ccc(S(=O)(=O)Cl)cc1. The van der Waals surface area contributed by atoms with E-state index >= 15 is 0 Å². The van der Waals surface area contributed by atoms with Crippen LogP contribution in [0.3, 0.4) is 0 Å². The van der Waals surface area contributed by atoms with E-state index in [4.69, 9.17) is 16.2 Å². The lowest BCUT2D eigenvalue weighted by atomic mass is 10.0. The Labute approximate surface area is 133 Å². The first-order valence-corrected chi connectivity index (χ1v) is 8.92. The van der Waals surface area contributed by atoms with E-state index in [1.54, 1.807) is 6.92 Å². The predicted octanol–water partition coefficient (Wildman–Crippen LogP) is 2.16. The van der Waals surface area contributed by atoms with Crippen LogP contribution in [-0.2, 0) is 25.1 Å². The maximum atomic E-state index is 11.9. The van der Waals surface area contributed by atoms with Crippen LogP contribution in [0.1, 0.15) is 31.7 Å². The Morgan fingerprint density at radius 3 is 2.14 bits per heavy atom. The van der Waals surface area contributed by atoms with Crippen LogP contribution >= 0.6 is 10.7 Å². The molecule has 0 aliphatic heterocycles. The summed E-state index contributed by atoms with van der Waals surface area (Å²) in [5.74, 6) is -1.03. The lowest BCUT2D eigenvalue weighted by Crippen LogP contribution is -2.25. The number of aryl methyl sites for hydroxylation is 1. The van der Waals surface area contributed by atoms with Gasteiger partial charge in [0.1, 0.15) is 0 Å². The van der Waals surface area contributed by atoms with E-state index in [0.717, 1.165) is 0 Å². The minimum absolute atomic E-state index is 0.0121. The summed E-state index contributed by atoms with van der Waals surface area (Å²) in [4.78, 5) is 26.2. The monoisotopic (exact) mass is 342 g/mol. The average Bonchev–Trinajstić information content (AvgIpc) is 2.45. The predicted molar refractivity (Wildman–Crippen MR) is 81.4 cm³/mol. The molecule has 118 valence electrons. The van der Waals surface area contributed by atoms with E-state index in [9.17, 15) is 18.0 Å². The summed E-state index contributed by atoms with van der Waals surface area (Å²) in [6.45, 7) is 1.78. The number of benzene rings is 1. The zero-order chi connectivity index (χ0) is 16.8. The normalized spacial score (nSPS) is 10.8. The summed E-state index contributed by atoms with van der Waals surface area (Å²) in [7, 11) is 1.42. The number of nitrogens with zero attached hydrogens (tertiary/aromatic N) is 2. The standard InChI is InChI=1S/C14H15ClN2O4S/c1-2-3-12(18)14(17-16)13(19)9-6-10-4-7-11(8-5-10)22(15,20)21/h4-5,7-8H,2-3,6,9H2,1H3. The van der Waals surface area contributed by atoms with Crippen LogP contribution in [0.25, 0.3) is 5.53 Å². The van der Waals surface area contributed by atoms with Gasteiger partial charge in [-0.15, -0.1) is 0 Å². The molecule has 0 heterocycles. The summed E-state index contributed by atoms with van der Waals surface area (Å²) in [6, 6.07) is 5.75. The summed E-state index contributed by atoms with van der Waals surface area (Å²) >= 11 is 0. The second-order valence-corrected chi connectivity index (χ2v) is 7.19. The van der Waals surface area contributed by atoms with Crippen molar-refractivity contribution in [3.05, 3.63) is 35.4 Å². The van der Waals surface area contributed by atoms with E-state index in [2.05, 4.69) is 4.79 Å². The van der Waals surface area contributed by atoms with Gasteiger partial charge in [-0.25, -0.2) is 8.42 Å². The third-order valence-electron chi connectivity index (χ3n) is 2.95. The number of rotatable bonds is 8.